The molecule has 1 aliphatic carbocycles. The van der Waals surface area contributed by atoms with Crippen LogP contribution in [0.3, 0.4) is 0 Å². The van der Waals surface area contributed by atoms with Crippen molar-refractivity contribution in [3.63, 3.8) is 0 Å². The quantitative estimate of drug-likeness (QED) is 0.319. The van der Waals surface area contributed by atoms with Gasteiger partial charge in [-0.25, -0.2) is 0 Å². The fourth-order valence-electron chi connectivity index (χ4n) is 2.30. The minimum atomic E-state index is -0.334. The van der Waals surface area contributed by atoms with Crippen LogP contribution in [-0.2, 0) is 16.0 Å². The average molecular weight is 309 g/mol. The molecule has 21 heavy (non-hydrogen) atoms. The van der Waals surface area contributed by atoms with Gasteiger partial charge in [-0.3, -0.25) is 14.9 Å². The highest BCUT2D eigenvalue weighted by Crippen LogP contribution is 2.51. The maximum absolute atomic E-state index is 11.3. The molecule has 2 rings (SSSR count). The van der Waals surface area contributed by atoms with Crippen LogP contribution in [0.2, 0.25) is 0 Å². The lowest BCUT2D eigenvalue weighted by molar-refractivity contribution is -0.385. The minimum absolute atomic E-state index is 0.111. The van der Waals surface area contributed by atoms with Crippen molar-refractivity contribution >= 4 is 23.4 Å². The standard InChI is InChI=1S/C15H19NO4S/c1-20-14(17)10-15(7-8-15)11-21-9-6-12-4-2-3-5-13(12)16(18)19/h2-5H,6-11H2,1H3. The number of nitro groups is 1. The van der Waals surface area contributed by atoms with Crippen LogP contribution >= 0.6 is 11.8 Å². The summed E-state index contributed by atoms with van der Waals surface area (Å²) in [7, 11) is 1.42. The number of nitrogens with zero attached hydrogens (tertiary/aromatic N) is 1. The van der Waals surface area contributed by atoms with E-state index in [0.29, 0.717) is 12.8 Å². The summed E-state index contributed by atoms with van der Waals surface area (Å²) in [4.78, 5) is 21.9. The van der Waals surface area contributed by atoms with Gasteiger partial charge in [0.05, 0.1) is 18.5 Å². The zero-order chi connectivity index (χ0) is 15.3. The van der Waals surface area contributed by atoms with Gasteiger partial charge < -0.3 is 4.74 Å². The highest BCUT2D eigenvalue weighted by molar-refractivity contribution is 7.99. The predicted molar refractivity (Wildman–Crippen MR) is 82.4 cm³/mol. The highest BCUT2D eigenvalue weighted by Gasteiger charge is 2.44. The van der Waals surface area contributed by atoms with E-state index in [2.05, 4.69) is 0 Å². The summed E-state index contributed by atoms with van der Waals surface area (Å²) in [5, 5.41) is 10.9. The number of thioether (sulfide) groups is 1. The minimum Gasteiger partial charge on any atom is -0.469 e. The number of hydrogen-bond donors (Lipinski definition) is 0. The molecule has 0 heterocycles. The van der Waals surface area contributed by atoms with Crippen LogP contribution in [0.25, 0.3) is 0 Å². The van der Waals surface area contributed by atoms with Crippen molar-refractivity contribution < 1.29 is 14.5 Å². The molecule has 5 nitrogen and oxygen atoms in total. The van der Waals surface area contributed by atoms with E-state index >= 15 is 0 Å². The van der Waals surface area contributed by atoms with Gasteiger partial charge >= 0.3 is 5.97 Å². The first-order chi connectivity index (χ1) is 10.1. The van der Waals surface area contributed by atoms with Gasteiger partial charge in [-0.15, -0.1) is 0 Å². The van der Waals surface area contributed by atoms with E-state index in [9.17, 15) is 14.9 Å². The number of ether oxygens (including phenoxy) is 1. The molecule has 1 aromatic carbocycles. The molecule has 0 aliphatic heterocycles. The first-order valence-electron chi connectivity index (χ1n) is 6.93. The van der Waals surface area contributed by atoms with Crippen molar-refractivity contribution in [3.05, 3.63) is 39.9 Å². The van der Waals surface area contributed by atoms with E-state index in [-0.39, 0.29) is 22.0 Å². The molecule has 0 bridgehead atoms. The SMILES string of the molecule is COC(=O)CC1(CSCCc2ccccc2[N+](=O)[O-])CC1. The van der Waals surface area contributed by atoms with Crippen LogP contribution in [0.15, 0.2) is 24.3 Å². The molecular weight excluding hydrogens is 290 g/mol. The largest absolute Gasteiger partial charge is 0.469 e. The summed E-state index contributed by atoms with van der Waals surface area (Å²) in [6.45, 7) is 0. The van der Waals surface area contributed by atoms with Crippen LogP contribution in [0.1, 0.15) is 24.8 Å². The lowest BCUT2D eigenvalue weighted by atomic mass is 10.1. The van der Waals surface area contributed by atoms with Crippen LogP contribution in [0.5, 0.6) is 0 Å². The van der Waals surface area contributed by atoms with E-state index in [4.69, 9.17) is 4.74 Å². The van der Waals surface area contributed by atoms with Gasteiger partial charge in [0, 0.05) is 11.6 Å². The van der Waals surface area contributed by atoms with E-state index in [1.54, 1.807) is 30.0 Å². The fourth-order valence-corrected chi connectivity index (χ4v) is 3.63. The Morgan fingerprint density at radius 3 is 2.76 bits per heavy atom. The summed E-state index contributed by atoms with van der Waals surface area (Å²) in [6, 6.07) is 6.86. The number of aryl methyl sites for hydroxylation is 1. The maximum atomic E-state index is 11.3. The predicted octanol–water partition coefficient (Wildman–Crippen LogP) is 3.21. The molecule has 0 aromatic heterocycles. The number of carbonyl (C=O) groups excluding carboxylic acids is 1. The van der Waals surface area contributed by atoms with Gasteiger partial charge in [-0.05, 0) is 36.2 Å². The summed E-state index contributed by atoms with van der Waals surface area (Å²) < 4.78 is 4.72. The maximum Gasteiger partial charge on any atom is 0.306 e. The number of methoxy groups -OCH3 is 1. The van der Waals surface area contributed by atoms with Crippen molar-refractivity contribution in [3.8, 4) is 0 Å². The number of esters is 1. The van der Waals surface area contributed by atoms with E-state index < -0.39 is 0 Å². The number of carbonyl (C=O) groups is 1. The molecule has 0 N–H and O–H groups in total. The Hall–Kier alpha value is -1.56. The Balaban J connectivity index is 1.78. The molecule has 0 radical (unpaired) electrons. The summed E-state index contributed by atoms with van der Waals surface area (Å²) in [5.74, 6) is 1.60. The topological polar surface area (TPSA) is 69.4 Å². The Morgan fingerprint density at radius 1 is 1.43 bits per heavy atom. The number of rotatable bonds is 8. The Morgan fingerprint density at radius 2 is 2.14 bits per heavy atom. The number of nitro benzene ring substituents is 1. The number of benzene rings is 1. The lowest BCUT2D eigenvalue weighted by Gasteiger charge is -2.12. The van der Waals surface area contributed by atoms with E-state index in [0.717, 1.165) is 29.9 Å². The fraction of sp³-hybridized carbons (Fsp3) is 0.533. The normalized spacial score (nSPS) is 15.5. The smallest absolute Gasteiger partial charge is 0.306 e. The van der Waals surface area contributed by atoms with Crippen molar-refractivity contribution in [2.24, 2.45) is 5.41 Å². The van der Waals surface area contributed by atoms with Crippen LogP contribution in [0, 0.1) is 15.5 Å². The molecule has 1 aliphatic rings. The monoisotopic (exact) mass is 309 g/mol. The third-order valence-electron chi connectivity index (χ3n) is 3.82. The molecule has 0 amide bonds. The second kappa shape index (κ2) is 6.93. The molecule has 0 saturated heterocycles. The molecule has 1 aromatic rings. The number of para-hydroxylation sites is 1. The van der Waals surface area contributed by atoms with Gasteiger partial charge in [0.15, 0.2) is 0 Å². The first-order valence-corrected chi connectivity index (χ1v) is 8.09. The second-order valence-electron chi connectivity index (χ2n) is 5.44. The van der Waals surface area contributed by atoms with Gasteiger partial charge in [0.2, 0.25) is 0 Å². The zero-order valence-corrected chi connectivity index (χ0v) is 12.9. The van der Waals surface area contributed by atoms with Crippen LogP contribution in [0.4, 0.5) is 5.69 Å². The van der Waals surface area contributed by atoms with E-state index in [1.165, 1.54) is 7.11 Å². The Bertz CT molecular complexity index is 528. The second-order valence-corrected chi connectivity index (χ2v) is 6.55. The third-order valence-corrected chi connectivity index (χ3v) is 5.13. The summed E-state index contributed by atoms with van der Waals surface area (Å²) in [5.41, 5.74) is 1.07. The highest BCUT2D eigenvalue weighted by atomic mass is 32.2. The lowest BCUT2D eigenvalue weighted by Crippen LogP contribution is -2.13. The van der Waals surface area contributed by atoms with Crippen LogP contribution in [-0.4, -0.2) is 29.5 Å². The van der Waals surface area contributed by atoms with Gasteiger partial charge in [-0.2, -0.15) is 11.8 Å². The average Bonchev–Trinajstić information content (AvgIpc) is 3.23. The Kier molecular flexibility index (Phi) is 5.22. The van der Waals surface area contributed by atoms with Crippen molar-refractivity contribution in [1.82, 2.24) is 0 Å². The van der Waals surface area contributed by atoms with E-state index in [1.807, 2.05) is 6.07 Å². The van der Waals surface area contributed by atoms with Crippen molar-refractivity contribution in [2.75, 3.05) is 18.6 Å². The summed E-state index contributed by atoms with van der Waals surface area (Å²) >= 11 is 1.76. The first kappa shape index (κ1) is 15.8. The van der Waals surface area contributed by atoms with Gasteiger partial charge in [-0.1, -0.05) is 18.2 Å². The summed E-state index contributed by atoms with van der Waals surface area (Å²) in [6.07, 6.45) is 3.30. The van der Waals surface area contributed by atoms with Gasteiger partial charge in [0.1, 0.15) is 0 Å². The van der Waals surface area contributed by atoms with Gasteiger partial charge in [0.25, 0.3) is 5.69 Å². The molecular formula is C15H19NO4S. The molecule has 0 spiro atoms. The number of hydrogen-bond acceptors (Lipinski definition) is 5. The van der Waals surface area contributed by atoms with Crippen LogP contribution < -0.4 is 0 Å². The molecule has 1 saturated carbocycles. The third kappa shape index (κ3) is 4.46. The van der Waals surface area contributed by atoms with Crippen molar-refractivity contribution in [1.29, 1.82) is 0 Å². The zero-order valence-electron chi connectivity index (χ0n) is 12.0. The molecule has 1 fully saturated rings. The van der Waals surface area contributed by atoms with Crippen molar-refractivity contribution in [2.45, 2.75) is 25.7 Å². The Labute approximate surface area is 128 Å². The molecule has 114 valence electrons. The molecule has 0 atom stereocenters. The molecule has 6 heteroatoms. The molecule has 0 unspecified atom stereocenters.